The van der Waals surface area contributed by atoms with Crippen molar-refractivity contribution in [1.82, 2.24) is 0 Å². The first kappa shape index (κ1) is 16.7. The van der Waals surface area contributed by atoms with Gasteiger partial charge < -0.3 is 10.6 Å². The molecule has 0 saturated carbocycles. The lowest BCUT2D eigenvalue weighted by Crippen LogP contribution is -2.13. The Hall–Kier alpha value is -2.66. The number of carbonyl (C=O) groups excluding carboxylic acids is 2. The van der Waals surface area contributed by atoms with Crippen LogP contribution in [0.2, 0.25) is 5.02 Å². The highest BCUT2D eigenvalue weighted by Gasteiger charge is 2.07. The van der Waals surface area contributed by atoms with Gasteiger partial charge in [0.25, 0.3) is 0 Å². The normalized spacial score (nSPS) is 10.6. The van der Waals surface area contributed by atoms with E-state index in [1.165, 1.54) is 37.3 Å². The van der Waals surface area contributed by atoms with Gasteiger partial charge in [0.05, 0.1) is 11.4 Å². The van der Waals surface area contributed by atoms with Crippen molar-refractivity contribution < 1.29 is 14.0 Å². The average molecular weight is 333 g/mol. The largest absolute Gasteiger partial charge is 0.325 e. The van der Waals surface area contributed by atoms with E-state index >= 15 is 0 Å². The highest BCUT2D eigenvalue weighted by Crippen LogP contribution is 2.25. The number of halogens is 2. The molecule has 0 aliphatic rings. The molecule has 2 N–H and O–H groups in total. The summed E-state index contributed by atoms with van der Waals surface area (Å²) in [4.78, 5) is 23.1. The van der Waals surface area contributed by atoms with Gasteiger partial charge in [-0.15, -0.1) is 0 Å². The standard InChI is InChI=1S/C17H14ClFN2O2/c1-11(22)20-15-7-6-13(18)10-16(15)21-17(23)8-5-12-3-2-4-14(19)9-12/h2-10H,1H3,(H,20,22)(H,21,23). The highest BCUT2D eigenvalue weighted by molar-refractivity contribution is 6.31. The maximum Gasteiger partial charge on any atom is 0.248 e. The van der Waals surface area contributed by atoms with E-state index in [-0.39, 0.29) is 11.7 Å². The molecule has 6 heteroatoms. The number of amides is 2. The quantitative estimate of drug-likeness (QED) is 0.828. The second-order valence-corrected chi connectivity index (χ2v) is 5.19. The van der Waals surface area contributed by atoms with Crippen LogP contribution in [0.15, 0.2) is 48.5 Å². The molecule has 0 saturated heterocycles. The predicted molar refractivity (Wildman–Crippen MR) is 89.8 cm³/mol. The Labute approximate surface area is 138 Å². The van der Waals surface area contributed by atoms with Gasteiger partial charge in [0.1, 0.15) is 5.82 Å². The lowest BCUT2D eigenvalue weighted by atomic mass is 10.2. The average Bonchev–Trinajstić information content (AvgIpc) is 2.48. The number of nitrogens with one attached hydrogen (secondary N) is 2. The fraction of sp³-hybridized carbons (Fsp3) is 0.0588. The van der Waals surface area contributed by atoms with Crippen molar-refractivity contribution in [3.05, 3.63) is 64.9 Å². The monoisotopic (exact) mass is 332 g/mol. The summed E-state index contributed by atoms with van der Waals surface area (Å²) >= 11 is 5.90. The number of hydrogen-bond donors (Lipinski definition) is 2. The Bertz CT molecular complexity index is 775. The second kappa shape index (κ2) is 7.56. The zero-order valence-corrected chi connectivity index (χ0v) is 13.0. The smallest absolute Gasteiger partial charge is 0.248 e. The van der Waals surface area contributed by atoms with Crippen molar-refractivity contribution in [3.8, 4) is 0 Å². The van der Waals surface area contributed by atoms with Crippen LogP contribution in [0.4, 0.5) is 15.8 Å². The molecule has 0 atom stereocenters. The molecule has 0 spiro atoms. The molecular weight excluding hydrogens is 319 g/mol. The minimum absolute atomic E-state index is 0.266. The van der Waals surface area contributed by atoms with E-state index in [0.717, 1.165) is 0 Å². The van der Waals surface area contributed by atoms with E-state index in [0.29, 0.717) is 22.0 Å². The van der Waals surface area contributed by atoms with Gasteiger partial charge in [-0.25, -0.2) is 4.39 Å². The van der Waals surface area contributed by atoms with Gasteiger partial charge in [-0.05, 0) is 42.0 Å². The lowest BCUT2D eigenvalue weighted by molar-refractivity contribution is -0.114. The van der Waals surface area contributed by atoms with Gasteiger partial charge in [-0.3, -0.25) is 9.59 Å². The molecule has 0 aliphatic carbocycles. The molecule has 23 heavy (non-hydrogen) atoms. The van der Waals surface area contributed by atoms with E-state index in [1.54, 1.807) is 24.3 Å². The molecule has 2 amide bonds. The number of anilines is 2. The second-order valence-electron chi connectivity index (χ2n) is 4.75. The summed E-state index contributed by atoms with van der Waals surface area (Å²) in [5, 5.41) is 5.64. The number of carbonyl (C=O) groups is 2. The fourth-order valence-corrected chi connectivity index (χ4v) is 2.05. The van der Waals surface area contributed by atoms with Crippen LogP contribution in [-0.2, 0) is 9.59 Å². The van der Waals surface area contributed by atoms with E-state index in [9.17, 15) is 14.0 Å². The Morgan fingerprint density at radius 3 is 2.57 bits per heavy atom. The Balaban J connectivity index is 2.13. The minimum Gasteiger partial charge on any atom is -0.325 e. The summed E-state index contributed by atoms with van der Waals surface area (Å²) in [5.41, 5.74) is 1.38. The highest BCUT2D eigenvalue weighted by atomic mass is 35.5. The van der Waals surface area contributed by atoms with E-state index < -0.39 is 5.91 Å². The summed E-state index contributed by atoms with van der Waals surface area (Å²) in [5.74, 6) is -1.07. The van der Waals surface area contributed by atoms with Crippen LogP contribution in [-0.4, -0.2) is 11.8 Å². The Morgan fingerprint density at radius 1 is 1.09 bits per heavy atom. The molecule has 2 aromatic carbocycles. The van der Waals surface area contributed by atoms with Crippen molar-refractivity contribution >= 4 is 40.9 Å². The van der Waals surface area contributed by atoms with Crippen molar-refractivity contribution in [2.24, 2.45) is 0 Å². The van der Waals surface area contributed by atoms with Crippen LogP contribution in [0.5, 0.6) is 0 Å². The Kier molecular flexibility index (Phi) is 5.49. The maximum absolute atomic E-state index is 13.1. The number of hydrogen-bond acceptors (Lipinski definition) is 2. The van der Waals surface area contributed by atoms with Crippen molar-refractivity contribution in [1.29, 1.82) is 0 Å². The van der Waals surface area contributed by atoms with E-state index in [1.807, 2.05) is 0 Å². The van der Waals surface area contributed by atoms with Crippen molar-refractivity contribution in [3.63, 3.8) is 0 Å². The first-order valence-electron chi connectivity index (χ1n) is 6.76. The lowest BCUT2D eigenvalue weighted by Gasteiger charge is -2.10. The van der Waals surface area contributed by atoms with Gasteiger partial charge >= 0.3 is 0 Å². The predicted octanol–water partition coefficient (Wildman–Crippen LogP) is 4.09. The van der Waals surface area contributed by atoms with Crippen LogP contribution < -0.4 is 10.6 Å². The van der Waals surface area contributed by atoms with Crippen LogP contribution in [0.25, 0.3) is 6.08 Å². The summed E-state index contributed by atoms with van der Waals surface area (Å²) in [6.07, 6.45) is 2.76. The minimum atomic E-state index is -0.428. The molecule has 118 valence electrons. The van der Waals surface area contributed by atoms with Crippen molar-refractivity contribution in [2.75, 3.05) is 10.6 Å². The third-order valence-electron chi connectivity index (χ3n) is 2.83. The molecule has 0 fully saturated rings. The molecule has 2 rings (SSSR count). The molecule has 0 aromatic heterocycles. The third-order valence-corrected chi connectivity index (χ3v) is 3.06. The van der Waals surface area contributed by atoms with E-state index in [2.05, 4.69) is 10.6 Å². The van der Waals surface area contributed by atoms with Gasteiger partial charge in [-0.1, -0.05) is 23.7 Å². The zero-order chi connectivity index (χ0) is 16.8. The topological polar surface area (TPSA) is 58.2 Å². The molecule has 0 heterocycles. The van der Waals surface area contributed by atoms with Crippen LogP contribution in [0.1, 0.15) is 12.5 Å². The molecule has 0 bridgehead atoms. The van der Waals surface area contributed by atoms with Crippen LogP contribution in [0.3, 0.4) is 0 Å². The molecule has 0 aliphatic heterocycles. The van der Waals surface area contributed by atoms with Gasteiger partial charge in [-0.2, -0.15) is 0 Å². The number of rotatable bonds is 4. The summed E-state index contributed by atoms with van der Waals surface area (Å²) in [6, 6.07) is 10.6. The van der Waals surface area contributed by atoms with Crippen molar-refractivity contribution in [2.45, 2.75) is 6.92 Å². The van der Waals surface area contributed by atoms with Gasteiger partial charge in [0.2, 0.25) is 11.8 Å². The van der Waals surface area contributed by atoms with Crippen LogP contribution in [0, 0.1) is 5.82 Å². The third kappa shape index (κ3) is 5.23. The van der Waals surface area contributed by atoms with E-state index in [4.69, 9.17) is 11.6 Å². The van der Waals surface area contributed by atoms with Gasteiger partial charge in [0.15, 0.2) is 0 Å². The summed E-state index contributed by atoms with van der Waals surface area (Å²) in [7, 11) is 0. The SMILES string of the molecule is CC(=O)Nc1ccc(Cl)cc1NC(=O)C=Cc1cccc(F)c1. The molecule has 0 radical (unpaired) electrons. The molecule has 2 aromatic rings. The first-order chi connectivity index (χ1) is 10.9. The molecular formula is C17H14ClFN2O2. The van der Waals surface area contributed by atoms with Crippen LogP contribution >= 0.6 is 11.6 Å². The molecule has 4 nitrogen and oxygen atoms in total. The number of benzene rings is 2. The summed E-state index contributed by atoms with van der Waals surface area (Å²) < 4.78 is 13.1. The first-order valence-corrected chi connectivity index (χ1v) is 7.13. The van der Waals surface area contributed by atoms with Gasteiger partial charge in [0, 0.05) is 18.0 Å². The Morgan fingerprint density at radius 2 is 1.87 bits per heavy atom. The fourth-order valence-electron chi connectivity index (χ4n) is 1.88. The zero-order valence-electron chi connectivity index (χ0n) is 12.3. The summed E-state index contributed by atoms with van der Waals surface area (Å²) in [6.45, 7) is 1.37. The molecule has 0 unspecified atom stereocenters. The maximum atomic E-state index is 13.1.